The van der Waals surface area contributed by atoms with Crippen LogP contribution in [0.5, 0.6) is 5.75 Å². The van der Waals surface area contributed by atoms with Gasteiger partial charge in [-0.3, -0.25) is 9.69 Å². The minimum atomic E-state index is -5.09. The molecule has 2 aliphatic rings. The first-order valence-electron chi connectivity index (χ1n) is 11.8. The van der Waals surface area contributed by atoms with E-state index >= 15 is 0 Å². The van der Waals surface area contributed by atoms with Crippen molar-refractivity contribution < 1.29 is 32.2 Å². The Morgan fingerprint density at radius 1 is 1.31 bits per heavy atom. The van der Waals surface area contributed by atoms with E-state index in [1.807, 2.05) is 11.4 Å². The van der Waals surface area contributed by atoms with Crippen molar-refractivity contribution in [3.8, 4) is 5.75 Å². The molecule has 8 nitrogen and oxygen atoms in total. The Bertz CT molecular complexity index is 1000. The Hall–Kier alpha value is -2.98. The minimum Gasteiger partial charge on any atom is -0.481 e. The Morgan fingerprint density at radius 3 is 2.60 bits per heavy atom. The number of benzene rings is 1. The van der Waals surface area contributed by atoms with Crippen molar-refractivity contribution in [1.29, 1.82) is 0 Å². The van der Waals surface area contributed by atoms with Crippen LogP contribution in [0.25, 0.3) is 0 Å². The summed E-state index contributed by atoms with van der Waals surface area (Å²) in [5, 5.41) is 2.02. The van der Waals surface area contributed by atoms with Gasteiger partial charge in [0, 0.05) is 0 Å². The highest BCUT2D eigenvalue weighted by Crippen LogP contribution is 2.43. The Kier molecular flexibility index (Phi) is 7.56. The van der Waals surface area contributed by atoms with Crippen LogP contribution in [0.1, 0.15) is 77.5 Å². The first kappa shape index (κ1) is 26.6. The second kappa shape index (κ2) is 9.94. The fourth-order valence-electron chi connectivity index (χ4n) is 4.32. The molecule has 1 aromatic carbocycles. The lowest BCUT2D eigenvalue weighted by Gasteiger charge is -2.42. The predicted octanol–water partition coefficient (Wildman–Crippen LogP) is 4.88. The summed E-state index contributed by atoms with van der Waals surface area (Å²) in [6, 6.07) is 2.97. The van der Waals surface area contributed by atoms with Gasteiger partial charge in [0.1, 0.15) is 29.0 Å². The lowest BCUT2D eigenvalue weighted by atomic mass is 9.85. The summed E-state index contributed by atoms with van der Waals surface area (Å²) in [5.74, 6) is -1.24. The number of fused-ring (bicyclic) bond motifs is 2. The van der Waals surface area contributed by atoms with Gasteiger partial charge in [-0.1, -0.05) is 13.3 Å². The highest BCUT2D eigenvalue weighted by molar-refractivity contribution is 5.90. The quantitative estimate of drug-likeness (QED) is 0.563. The zero-order valence-electron chi connectivity index (χ0n) is 20.7. The molecule has 0 spiro atoms. The molecule has 11 heteroatoms. The molecular weight excluding hydrogens is 465 g/mol. The van der Waals surface area contributed by atoms with Crippen molar-refractivity contribution >= 4 is 23.5 Å². The zero-order chi connectivity index (χ0) is 26.1. The molecule has 1 aromatic rings. The van der Waals surface area contributed by atoms with Crippen LogP contribution in [0.4, 0.5) is 23.7 Å². The maximum Gasteiger partial charge on any atom is 0.471 e. The zero-order valence-corrected chi connectivity index (χ0v) is 20.7. The average molecular weight is 499 g/mol. The van der Waals surface area contributed by atoms with Crippen LogP contribution in [-0.2, 0) is 16.0 Å². The molecule has 3 N–H and O–H groups in total. The van der Waals surface area contributed by atoms with Gasteiger partial charge in [-0.25, -0.2) is 9.79 Å². The van der Waals surface area contributed by atoms with Crippen molar-refractivity contribution in [2.75, 3.05) is 0 Å². The highest BCUT2D eigenvalue weighted by Gasteiger charge is 2.44. The molecule has 0 saturated heterocycles. The largest absolute Gasteiger partial charge is 0.481 e. The van der Waals surface area contributed by atoms with Crippen LogP contribution < -0.4 is 15.8 Å². The first-order valence-corrected chi connectivity index (χ1v) is 11.8. The molecule has 3 atom stereocenters. The minimum absolute atomic E-state index is 0.115. The number of amides is 2. The molecule has 194 valence electrons. The van der Waals surface area contributed by atoms with E-state index in [2.05, 4.69) is 4.99 Å². The van der Waals surface area contributed by atoms with Crippen molar-refractivity contribution in [2.24, 2.45) is 10.7 Å². The predicted molar refractivity (Wildman–Crippen MR) is 124 cm³/mol. The molecule has 35 heavy (non-hydrogen) atoms. The number of nitrogens with two attached hydrogens (primary N) is 1. The number of nitrogens with zero attached hydrogens (tertiary/aromatic N) is 2. The van der Waals surface area contributed by atoms with Crippen molar-refractivity contribution in [1.82, 2.24) is 10.2 Å². The fraction of sp³-hybridized carbons (Fsp3) is 0.625. The molecule has 3 unspecified atom stereocenters. The van der Waals surface area contributed by atoms with Gasteiger partial charge >= 0.3 is 18.2 Å². The summed E-state index contributed by atoms with van der Waals surface area (Å²) >= 11 is 0. The molecule has 1 heterocycles. The number of amidine groups is 1. The van der Waals surface area contributed by atoms with Crippen molar-refractivity contribution in [3.63, 3.8) is 0 Å². The third-order valence-electron chi connectivity index (χ3n) is 5.87. The van der Waals surface area contributed by atoms with Crippen LogP contribution in [0, 0.1) is 0 Å². The Labute approximate surface area is 203 Å². The number of aliphatic imine (C=N–C) groups is 1. The average Bonchev–Trinajstić information content (AvgIpc) is 2.72. The van der Waals surface area contributed by atoms with E-state index in [1.165, 1.54) is 4.90 Å². The summed E-state index contributed by atoms with van der Waals surface area (Å²) in [4.78, 5) is 30.9. The normalized spacial score (nSPS) is 20.5. The lowest BCUT2D eigenvalue weighted by Crippen LogP contribution is -2.56. The number of nitrogens with one attached hydrogen (secondary N) is 1. The van der Waals surface area contributed by atoms with Crippen molar-refractivity contribution in [2.45, 2.75) is 96.8 Å². The van der Waals surface area contributed by atoms with E-state index in [1.54, 1.807) is 40.7 Å². The van der Waals surface area contributed by atoms with E-state index in [9.17, 15) is 22.8 Å². The number of hydrogen-bond acceptors (Lipinski definition) is 6. The van der Waals surface area contributed by atoms with Gasteiger partial charge in [0.25, 0.3) is 0 Å². The lowest BCUT2D eigenvalue weighted by molar-refractivity contribution is -0.175. The first-order chi connectivity index (χ1) is 16.2. The van der Waals surface area contributed by atoms with Gasteiger partial charge in [0.15, 0.2) is 6.10 Å². The molecule has 1 aliphatic carbocycles. The SMILES string of the molecule is CCCC(NC(=O)C(F)(F)F)N(C(=O)OC(C)(C)C)C1CCCc2cc3c(cc21)N=C(N)C(C)O3. The van der Waals surface area contributed by atoms with Crippen LogP contribution >= 0.6 is 0 Å². The second-order valence-corrected chi connectivity index (χ2v) is 9.89. The summed E-state index contributed by atoms with van der Waals surface area (Å²) in [7, 11) is 0. The number of aryl methyl sites for hydroxylation is 1. The molecule has 0 fully saturated rings. The van der Waals surface area contributed by atoms with Crippen molar-refractivity contribution in [3.05, 3.63) is 23.3 Å². The van der Waals surface area contributed by atoms with Gasteiger partial charge in [-0.15, -0.1) is 0 Å². The molecular formula is C24H33F3N4O4. The molecule has 0 radical (unpaired) electrons. The number of carbonyl (C=O) groups excluding carboxylic acids is 2. The highest BCUT2D eigenvalue weighted by atomic mass is 19.4. The number of rotatable bonds is 5. The Morgan fingerprint density at radius 2 is 2.00 bits per heavy atom. The summed E-state index contributed by atoms with van der Waals surface area (Å²) in [6.07, 6.45) is -5.10. The molecule has 0 saturated carbocycles. The topological polar surface area (TPSA) is 106 Å². The maximum atomic E-state index is 13.4. The second-order valence-electron chi connectivity index (χ2n) is 9.89. The molecule has 0 aromatic heterocycles. The van der Waals surface area contributed by atoms with Gasteiger partial charge in [0.2, 0.25) is 0 Å². The Balaban J connectivity index is 2.08. The number of alkyl halides is 3. The van der Waals surface area contributed by atoms with E-state index in [0.717, 1.165) is 11.1 Å². The van der Waals surface area contributed by atoms with Gasteiger partial charge in [-0.2, -0.15) is 13.2 Å². The molecule has 2 amide bonds. The number of halogens is 3. The van der Waals surface area contributed by atoms with Crippen LogP contribution in [-0.4, -0.2) is 46.8 Å². The number of carbonyl (C=O) groups is 2. The van der Waals surface area contributed by atoms with Gasteiger partial charge in [0.05, 0.1) is 6.04 Å². The summed E-state index contributed by atoms with van der Waals surface area (Å²) in [6.45, 7) is 8.57. The van der Waals surface area contributed by atoms with Gasteiger partial charge in [-0.05, 0) is 76.6 Å². The molecule has 0 bridgehead atoms. The van der Waals surface area contributed by atoms with E-state index in [4.69, 9.17) is 15.2 Å². The van der Waals surface area contributed by atoms with Crippen LogP contribution in [0.2, 0.25) is 0 Å². The van der Waals surface area contributed by atoms with E-state index in [0.29, 0.717) is 43.0 Å². The fourth-order valence-corrected chi connectivity index (χ4v) is 4.32. The third-order valence-corrected chi connectivity index (χ3v) is 5.87. The third kappa shape index (κ3) is 6.18. The molecule has 3 rings (SSSR count). The van der Waals surface area contributed by atoms with Crippen LogP contribution in [0.3, 0.4) is 0 Å². The smallest absolute Gasteiger partial charge is 0.471 e. The number of ether oxygens (including phenoxy) is 2. The van der Waals surface area contributed by atoms with Gasteiger partial charge < -0.3 is 20.5 Å². The van der Waals surface area contributed by atoms with E-state index in [-0.39, 0.29) is 12.5 Å². The van der Waals surface area contributed by atoms with E-state index < -0.39 is 36.0 Å². The maximum absolute atomic E-state index is 13.4. The molecule has 1 aliphatic heterocycles. The standard InChI is InChI=1S/C24H33F3N4O4/c1-6-8-19(30-21(32)24(25,26)27)31(22(33)35-23(3,4)5)17-10-7-9-14-11-18-16(12-15(14)17)29-20(28)13(2)34-18/h11-13,17,19H,6-10H2,1-5H3,(H2,28,29)(H,30,32). The number of hydrogen-bond donors (Lipinski definition) is 2. The summed E-state index contributed by atoms with van der Waals surface area (Å²) < 4.78 is 50.8. The van der Waals surface area contributed by atoms with Crippen LogP contribution in [0.15, 0.2) is 17.1 Å². The monoisotopic (exact) mass is 498 g/mol. The summed E-state index contributed by atoms with van der Waals surface area (Å²) in [5.41, 5.74) is 7.16.